The van der Waals surface area contributed by atoms with Crippen LogP contribution in [-0.2, 0) is 16.4 Å². The van der Waals surface area contributed by atoms with Gasteiger partial charge in [-0.2, -0.15) is 10.4 Å². The van der Waals surface area contributed by atoms with E-state index in [4.69, 9.17) is 5.26 Å². The normalized spacial score (nSPS) is 11.4. The van der Waals surface area contributed by atoms with Gasteiger partial charge in [-0.1, -0.05) is 25.1 Å². The molecule has 0 fully saturated rings. The van der Waals surface area contributed by atoms with Crippen LogP contribution in [0.1, 0.15) is 12.5 Å². The molecule has 0 saturated carbocycles. The number of aromatic nitrogens is 3. The number of nitrogens with one attached hydrogen (secondary N) is 2. The van der Waals surface area contributed by atoms with Crippen molar-refractivity contribution in [2.24, 2.45) is 0 Å². The molecule has 29 heavy (non-hydrogen) atoms. The lowest BCUT2D eigenvalue weighted by atomic mass is 10.1. The molecule has 0 unspecified atom stereocenters. The molecule has 2 aromatic heterocycles. The average Bonchev–Trinajstić information content (AvgIpc) is 3.35. The quantitative estimate of drug-likeness (QED) is 0.508. The Morgan fingerprint density at radius 3 is 2.69 bits per heavy atom. The Bertz CT molecular complexity index is 1310. The maximum Gasteiger partial charge on any atom is 0.246 e. The molecule has 8 heteroatoms. The first kappa shape index (κ1) is 18.8. The first-order valence-electron chi connectivity index (χ1n) is 9.12. The van der Waals surface area contributed by atoms with Crippen LogP contribution in [0.25, 0.3) is 27.7 Å². The minimum Gasteiger partial charge on any atom is -0.359 e. The maximum atomic E-state index is 11.9. The molecule has 4 rings (SSSR count). The highest BCUT2D eigenvalue weighted by Crippen LogP contribution is 2.30. The molecule has 7 nitrogen and oxygen atoms in total. The number of aromatic amines is 1. The van der Waals surface area contributed by atoms with Gasteiger partial charge in [-0.15, -0.1) is 0 Å². The molecular weight excluding hydrogens is 386 g/mol. The lowest BCUT2D eigenvalue weighted by Crippen LogP contribution is -2.15. The fraction of sp³-hybridized carbons (Fsp3) is 0.143. The summed E-state index contributed by atoms with van der Waals surface area (Å²) in [6.07, 6.45) is 6.29. The number of fused-ring (bicyclic) bond motifs is 1. The minimum absolute atomic E-state index is 0.416. The smallest absolute Gasteiger partial charge is 0.246 e. The van der Waals surface area contributed by atoms with E-state index in [2.05, 4.69) is 33.9 Å². The highest BCUT2D eigenvalue weighted by atomic mass is 32.2. The Hall–Kier alpha value is -3.57. The Morgan fingerprint density at radius 1 is 1.17 bits per heavy atom. The molecule has 0 saturated heterocycles. The molecule has 0 radical (unpaired) electrons. The van der Waals surface area contributed by atoms with Gasteiger partial charge in [0.05, 0.1) is 23.6 Å². The summed E-state index contributed by atoms with van der Waals surface area (Å²) in [5.74, 6) is -0.594. The molecule has 2 heterocycles. The summed E-state index contributed by atoms with van der Waals surface area (Å²) in [5.41, 5.74) is 5.28. The van der Waals surface area contributed by atoms with Gasteiger partial charge in [-0.05, 0) is 41.8 Å². The van der Waals surface area contributed by atoms with E-state index in [0.29, 0.717) is 5.69 Å². The van der Waals surface area contributed by atoms with Crippen LogP contribution in [0, 0.1) is 11.3 Å². The minimum atomic E-state index is -3.71. The molecule has 0 amide bonds. The van der Waals surface area contributed by atoms with Crippen molar-refractivity contribution in [3.05, 3.63) is 66.6 Å². The van der Waals surface area contributed by atoms with Crippen molar-refractivity contribution >= 4 is 26.6 Å². The summed E-state index contributed by atoms with van der Waals surface area (Å²) >= 11 is 0. The number of sulfonamides is 1. The van der Waals surface area contributed by atoms with E-state index in [1.54, 1.807) is 18.5 Å². The predicted molar refractivity (Wildman–Crippen MR) is 113 cm³/mol. The van der Waals surface area contributed by atoms with E-state index < -0.39 is 15.8 Å². The van der Waals surface area contributed by atoms with Crippen LogP contribution in [0.4, 0.5) is 5.69 Å². The second-order valence-electron chi connectivity index (χ2n) is 6.68. The molecule has 2 aromatic carbocycles. The summed E-state index contributed by atoms with van der Waals surface area (Å²) in [4.78, 5) is 3.04. The summed E-state index contributed by atoms with van der Waals surface area (Å²) in [6, 6.07) is 15.6. The van der Waals surface area contributed by atoms with Crippen LogP contribution in [0.15, 0.2) is 61.1 Å². The third-order valence-corrected chi connectivity index (χ3v) is 5.77. The number of hydrogen-bond donors (Lipinski definition) is 2. The van der Waals surface area contributed by atoms with Gasteiger partial charge in [0.25, 0.3) is 0 Å². The van der Waals surface area contributed by atoms with Gasteiger partial charge in [0.2, 0.25) is 10.0 Å². The van der Waals surface area contributed by atoms with Crippen molar-refractivity contribution in [2.45, 2.75) is 13.3 Å². The van der Waals surface area contributed by atoms with E-state index in [0.717, 1.165) is 34.1 Å². The van der Waals surface area contributed by atoms with E-state index in [1.807, 2.05) is 41.2 Å². The van der Waals surface area contributed by atoms with Crippen molar-refractivity contribution in [2.75, 3.05) is 10.5 Å². The van der Waals surface area contributed by atoms with Crippen molar-refractivity contribution in [1.29, 1.82) is 5.26 Å². The zero-order valence-electron chi connectivity index (χ0n) is 15.8. The molecule has 0 aliphatic heterocycles. The zero-order chi connectivity index (χ0) is 20.4. The van der Waals surface area contributed by atoms with Gasteiger partial charge in [-0.25, -0.2) is 13.1 Å². The van der Waals surface area contributed by atoms with Crippen LogP contribution in [0.2, 0.25) is 0 Å². The van der Waals surface area contributed by atoms with Crippen LogP contribution in [0.3, 0.4) is 0 Å². The van der Waals surface area contributed by atoms with Crippen molar-refractivity contribution in [1.82, 2.24) is 14.8 Å². The van der Waals surface area contributed by atoms with Gasteiger partial charge >= 0.3 is 0 Å². The zero-order valence-corrected chi connectivity index (χ0v) is 16.6. The van der Waals surface area contributed by atoms with E-state index in [-0.39, 0.29) is 0 Å². The number of benzene rings is 2. The highest BCUT2D eigenvalue weighted by molar-refractivity contribution is 7.92. The summed E-state index contributed by atoms with van der Waals surface area (Å²) in [6.45, 7) is 2.12. The molecule has 0 aliphatic carbocycles. The topological polar surface area (TPSA) is 104 Å². The van der Waals surface area contributed by atoms with Gasteiger partial charge in [0.15, 0.2) is 5.75 Å². The molecule has 2 N–H and O–H groups in total. The van der Waals surface area contributed by atoms with E-state index in [1.165, 1.54) is 5.56 Å². The van der Waals surface area contributed by atoms with E-state index in [9.17, 15) is 8.42 Å². The Kier molecular flexibility index (Phi) is 4.82. The first-order valence-corrected chi connectivity index (χ1v) is 10.8. The summed E-state index contributed by atoms with van der Waals surface area (Å²) in [7, 11) is -3.71. The van der Waals surface area contributed by atoms with Crippen LogP contribution >= 0.6 is 0 Å². The van der Waals surface area contributed by atoms with Gasteiger partial charge < -0.3 is 4.98 Å². The number of rotatable bonds is 6. The van der Waals surface area contributed by atoms with Crippen molar-refractivity contribution in [3.8, 4) is 22.9 Å². The van der Waals surface area contributed by atoms with Crippen LogP contribution < -0.4 is 4.72 Å². The second kappa shape index (κ2) is 7.45. The van der Waals surface area contributed by atoms with Crippen LogP contribution in [-0.4, -0.2) is 28.9 Å². The fourth-order valence-corrected chi connectivity index (χ4v) is 3.92. The predicted octanol–water partition coefficient (Wildman–Crippen LogP) is 3.85. The average molecular weight is 405 g/mol. The largest absolute Gasteiger partial charge is 0.359 e. The standard InChI is InChI=1S/C21H19N5O2S/c1-2-15-3-6-18(7-4-15)26-14-17(12-24-26)16-5-8-20-19(11-16)21(13-23-20)25-29(27,28)10-9-22/h3-8,11-14,23,25H,2,10H2,1H3. The molecule has 146 valence electrons. The SMILES string of the molecule is CCc1ccc(-n2cc(-c3ccc4[nH]cc(NS(=O)(=O)CC#N)c4c3)cn2)cc1. The number of nitriles is 1. The molecule has 0 atom stereocenters. The van der Waals surface area contributed by atoms with Gasteiger partial charge in [-0.3, -0.25) is 4.72 Å². The van der Waals surface area contributed by atoms with E-state index >= 15 is 0 Å². The summed E-state index contributed by atoms with van der Waals surface area (Å²) in [5, 5.41) is 13.9. The molecule has 0 aliphatic rings. The monoisotopic (exact) mass is 405 g/mol. The molecular formula is C21H19N5O2S. The summed E-state index contributed by atoms with van der Waals surface area (Å²) < 4.78 is 28.2. The number of nitrogens with zero attached hydrogens (tertiary/aromatic N) is 3. The van der Waals surface area contributed by atoms with Gasteiger partial charge in [0, 0.05) is 28.9 Å². The molecule has 0 spiro atoms. The lowest BCUT2D eigenvalue weighted by molar-refractivity contribution is 0.604. The third kappa shape index (κ3) is 3.86. The van der Waals surface area contributed by atoms with Crippen molar-refractivity contribution < 1.29 is 8.42 Å². The number of anilines is 1. The number of H-pyrrole nitrogens is 1. The Balaban J connectivity index is 1.67. The number of aryl methyl sites for hydroxylation is 1. The highest BCUT2D eigenvalue weighted by Gasteiger charge is 2.14. The van der Waals surface area contributed by atoms with Crippen molar-refractivity contribution in [3.63, 3.8) is 0 Å². The third-order valence-electron chi connectivity index (χ3n) is 4.73. The lowest BCUT2D eigenvalue weighted by Gasteiger charge is -2.04. The van der Waals surface area contributed by atoms with Gasteiger partial charge in [0.1, 0.15) is 0 Å². The Labute approximate surface area is 168 Å². The fourth-order valence-electron chi connectivity index (χ4n) is 3.17. The Morgan fingerprint density at radius 2 is 1.97 bits per heavy atom. The molecule has 0 bridgehead atoms. The second-order valence-corrected chi connectivity index (χ2v) is 8.40. The first-order chi connectivity index (χ1) is 14.0. The van der Waals surface area contributed by atoms with Crippen LogP contribution in [0.5, 0.6) is 0 Å². The maximum absolute atomic E-state index is 11.9. The molecule has 4 aromatic rings. The number of hydrogen-bond acceptors (Lipinski definition) is 4.